The lowest BCUT2D eigenvalue weighted by atomic mass is 10.0. The van der Waals surface area contributed by atoms with Gasteiger partial charge in [0.2, 0.25) is 0 Å². The molecule has 0 saturated heterocycles. The third-order valence-corrected chi connectivity index (χ3v) is 3.82. The van der Waals surface area contributed by atoms with Crippen LogP contribution in [0.1, 0.15) is 22.9 Å². The fraction of sp³-hybridized carbons (Fsp3) is 0.300. The van der Waals surface area contributed by atoms with Crippen LogP contribution in [0.15, 0.2) is 22.7 Å². The molecule has 76 valence electrons. The van der Waals surface area contributed by atoms with E-state index in [1.54, 1.807) is 0 Å². The van der Waals surface area contributed by atoms with Crippen LogP contribution in [0, 0.1) is 0 Å². The van der Waals surface area contributed by atoms with Gasteiger partial charge in [0.1, 0.15) is 5.78 Å². The first-order valence-corrected chi connectivity index (χ1v) is 5.81. The summed E-state index contributed by atoms with van der Waals surface area (Å²) in [7, 11) is 0. The lowest BCUT2D eigenvalue weighted by Gasteiger charge is -2.12. The highest BCUT2D eigenvalue weighted by atomic mass is 79.9. The molecule has 14 heavy (non-hydrogen) atoms. The van der Waals surface area contributed by atoms with E-state index in [1.807, 2.05) is 18.2 Å². The van der Waals surface area contributed by atoms with Crippen LogP contribution in [-0.2, 0) is 11.4 Å². The summed E-state index contributed by atoms with van der Waals surface area (Å²) < 4.78 is 0.822. The van der Waals surface area contributed by atoms with Gasteiger partial charge in [-0.3, -0.25) is 4.79 Å². The van der Waals surface area contributed by atoms with E-state index in [-0.39, 0.29) is 17.2 Å². The number of ketones is 1. The highest BCUT2D eigenvalue weighted by molar-refractivity contribution is 9.10. The highest BCUT2D eigenvalue weighted by Gasteiger charge is 2.17. The van der Waals surface area contributed by atoms with Crippen LogP contribution in [0.3, 0.4) is 0 Å². The number of carbonyl (C=O) groups is 1. The number of rotatable bonds is 3. The third kappa shape index (κ3) is 2.43. The van der Waals surface area contributed by atoms with Gasteiger partial charge in [-0.05, 0) is 24.1 Å². The van der Waals surface area contributed by atoms with Crippen LogP contribution in [0.2, 0.25) is 0 Å². The minimum atomic E-state index is -0.345. The fourth-order valence-corrected chi connectivity index (χ4v) is 2.13. The molecule has 0 aliphatic carbocycles. The minimum absolute atomic E-state index is 0.0257. The second-order valence-electron chi connectivity index (χ2n) is 2.94. The van der Waals surface area contributed by atoms with E-state index >= 15 is 0 Å². The normalized spacial score (nSPS) is 12.6. The zero-order valence-electron chi connectivity index (χ0n) is 7.63. The second kappa shape index (κ2) is 5.05. The van der Waals surface area contributed by atoms with E-state index in [0.717, 1.165) is 15.6 Å². The van der Waals surface area contributed by atoms with E-state index < -0.39 is 0 Å². The van der Waals surface area contributed by atoms with Gasteiger partial charge in [-0.25, -0.2) is 0 Å². The molecular formula is C10H10Br2O2. The van der Waals surface area contributed by atoms with Crippen molar-refractivity contribution in [3.63, 3.8) is 0 Å². The van der Waals surface area contributed by atoms with Crippen molar-refractivity contribution < 1.29 is 9.90 Å². The Balaban J connectivity index is 3.20. The van der Waals surface area contributed by atoms with Crippen LogP contribution < -0.4 is 0 Å². The predicted octanol–water partition coefficient (Wildman–Crippen LogP) is 2.97. The molecule has 0 radical (unpaired) electrons. The summed E-state index contributed by atoms with van der Waals surface area (Å²) in [5, 5.41) is 9.17. The Morgan fingerprint density at radius 2 is 2.21 bits per heavy atom. The van der Waals surface area contributed by atoms with E-state index in [9.17, 15) is 4.79 Å². The summed E-state index contributed by atoms with van der Waals surface area (Å²) in [6, 6.07) is 5.52. The maximum Gasteiger partial charge on any atom is 0.147 e. The van der Waals surface area contributed by atoms with Crippen LogP contribution in [-0.4, -0.2) is 10.9 Å². The molecule has 1 aromatic rings. The van der Waals surface area contributed by atoms with Crippen molar-refractivity contribution in [2.24, 2.45) is 0 Å². The summed E-state index contributed by atoms with van der Waals surface area (Å²) in [6.07, 6.45) is 0. The Morgan fingerprint density at radius 1 is 1.57 bits per heavy atom. The summed E-state index contributed by atoms with van der Waals surface area (Å²) in [6.45, 7) is 1.44. The zero-order valence-corrected chi connectivity index (χ0v) is 10.8. The van der Waals surface area contributed by atoms with Gasteiger partial charge >= 0.3 is 0 Å². The number of benzene rings is 1. The Hall–Kier alpha value is -0.190. The quantitative estimate of drug-likeness (QED) is 0.869. The molecule has 0 aliphatic heterocycles. The van der Waals surface area contributed by atoms with Crippen molar-refractivity contribution in [1.82, 2.24) is 0 Å². The van der Waals surface area contributed by atoms with Crippen molar-refractivity contribution in [3.05, 3.63) is 33.8 Å². The summed E-state index contributed by atoms with van der Waals surface area (Å²) in [5.41, 5.74) is 1.57. The first-order valence-electron chi connectivity index (χ1n) is 4.10. The number of Topliss-reactive ketones (excluding diaryl/α,β-unsaturated/α-hetero) is 1. The summed E-state index contributed by atoms with van der Waals surface area (Å²) in [5.74, 6) is 0.0257. The standard InChI is InChI=1S/C10H10Br2O2/c1-6(14)10(12)7-3-2-4-9(11)8(7)5-13/h2-4,10,13H,5H2,1H3. The van der Waals surface area contributed by atoms with Crippen LogP contribution >= 0.6 is 31.9 Å². The molecule has 0 spiro atoms. The van der Waals surface area contributed by atoms with Gasteiger partial charge in [-0.1, -0.05) is 44.0 Å². The molecular weight excluding hydrogens is 312 g/mol. The molecule has 1 atom stereocenters. The fourth-order valence-electron chi connectivity index (χ4n) is 1.20. The molecule has 0 heterocycles. The number of aliphatic hydroxyl groups is 1. The molecule has 1 aromatic carbocycles. The highest BCUT2D eigenvalue weighted by Crippen LogP contribution is 2.31. The SMILES string of the molecule is CC(=O)C(Br)c1cccc(Br)c1CO. The summed E-state index contributed by atoms with van der Waals surface area (Å²) >= 11 is 6.63. The molecule has 4 heteroatoms. The van der Waals surface area contributed by atoms with Gasteiger partial charge in [0.25, 0.3) is 0 Å². The van der Waals surface area contributed by atoms with Crippen LogP contribution in [0.5, 0.6) is 0 Å². The molecule has 1 unspecified atom stereocenters. The average molecular weight is 322 g/mol. The zero-order chi connectivity index (χ0) is 10.7. The Labute approximate surface area is 99.6 Å². The minimum Gasteiger partial charge on any atom is -0.392 e. The predicted molar refractivity (Wildman–Crippen MR) is 62.4 cm³/mol. The van der Waals surface area contributed by atoms with Gasteiger partial charge in [0.15, 0.2) is 0 Å². The monoisotopic (exact) mass is 320 g/mol. The van der Waals surface area contributed by atoms with Crippen LogP contribution in [0.4, 0.5) is 0 Å². The Kier molecular flexibility index (Phi) is 4.29. The second-order valence-corrected chi connectivity index (χ2v) is 4.71. The van der Waals surface area contributed by atoms with Crippen molar-refractivity contribution in [3.8, 4) is 0 Å². The molecule has 0 aliphatic rings. The first-order chi connectivity index (χ1) is 6.57. The molecule has 0 fully saturated rings. The Morgan fingerprint density at radius 3 is 2.71 bits per heavy atom. The van der Waals surface area contributed by atoms with Crippen molar-refractivity contribution >= 4 is 37.6 Å². The van der Waals surface area contributed by atoms with E-state index in [0.29, 0.717) is 0 Å². The van der Waals surface area contributed by atoms with Gasteiger partial charge in [0, 0.05) is 4.47 Å². The molecule has 0 aromatic heterocycles. The number of halogens is 2. The van der Waals surface area contributed by atoms with Gasteiger partial charge in [-0.15, -0.1) is 0 Å². The largest absolute Gasteiger partial charge is 0.392 e. The first kappa shape index (κ1) is 11.9. The number of hydrogen-bond donors (Lipinski definition) is 1. The number of aliphatic hydroxyl groups excluding tert-OH is 1. The maximum absolute atomic E-state index is 11.2. The van der Waals surface area contributed by atoms with E-state index in [2.05, 4.69) is 31.9 Å². The number of carbonyl (C=O) groups excluding carboxylic acids is 1. The van der Waals surface area contributed by atoms with Crippen molar-refractivity contribution in [1.29, 1.82) is 0 Å². The number of hydrogen-bond acceptors (Lipinski definition) is 2. The van der Waals surface area contributed by atoms with Crippen LogP contribution in [0.25, 0.3) is 0 Å². The van der Waals surface area contributed by atoms with E-state index in [1.165, 1.54) is 6.92 Å². The van der Waals surface area contributed by atoms with Gasteiger partial charge < -0.3 is 5.11 Å². The van der Waals surface area contributed by atoms with Gasteiger partial charge in [0.05, 0.1) is 11.4 Å². The average Bonchev–Trinajstić information content (AvgIpc) is 2.16. The van der Waals surface area contributed by atoms with Crippen molar-refractivity contribution in [2.75, 3.05) is 0 Å². The molecule has 1 rings (SSSR count). The third-order valence-electron chi connectivity index (χ3n) is 1.94. The molecule has 0 bridgehead atoms. The molecule has 0 amide bonds. The van der Waals surface area contributed by atoms with Gasteiger partial charge in [-0.2, -0.15) is 0 Å². The Bertz CT molecular complexity index is 350. The molecule has 0 saturated carbocycles. The van der Waals surface area contributed by atoms with E-state index in [4.69, 9.17) is 5.11 Å². The topological polar surface area (TPSA) is 37.3 Å². The maximum atomic E-state index is 11.2. The number of alkyl halides is 1. The smallest absolute Gasteiger partial charge is 0.147 e. The molecule has 2 nitrogen and oxygen atoms in total. The summed E-state index contributed by atoms with van der Waals surface area (Å²) in [4.78, 5) is 10.8. The molecule has 1 N–H and O–H groups in total. The lowest BCUT2D eigenvalue weighted by Crippen LogP contribution is -2.05. The lowest BCUT2D eigenvalue weighted by molar-refractivity contribution is -0.116. The van der Waals surface area contributed by atoms with Crippen molar-refractivity contribution in [2.45, 2.75) is 18.4 Å².